The fourth-order valence-corrected chi connectivity index (χ4v) is 4.34. The second kappa shape index (κ2) is 5.95. The van der Waals surface area contributed by atoms with Gasteiger partial charge in [0, 0.05) is 5.56 Å². The van der Waals surface area contributed by atoms with Gasteiger partial charge in [-0.2, -0.15) is 0 Å². The quantitative estimate of drug-likeness (QED) is 0.890. The molecule has 1 aromatic carbocycles. The molecule has 1 N–H and O–H groups in total. The number of fused-ring (bicyclic) bond motifs is 1. The monoisotopic (exact) mass is 293 g/mol. The number of halogens is 1. The molecular formula is C17H24ClNO. The standard InChI is InChI=1S/C17H24ClNO/c1-11-13-5-3-4-6-14(13)16(18)17(20-2)15(11)12-7-9-19-10-8-12/h12,19H,3-10H2,1-2H3. The molecule has 1 saturated heterocycles. The highest BCUT2D eigenvalue weighted by Crippen LogP contribution is 2.45. The second-order valence-electron chi connectivity index (χ2n) is 6.07. The summed E-state index contributed by atoms with van der Waals surface area (Å²) in [6.07, 6.45) is 7.21. The van der Waals surface area contributed by atoms with Crippen molar-refractivity contribution in [1.82, 2.24) is 5.32 Å². The molecule has 3 rings (SSSR count). The van der Waals surface area contributed by atoms with E-state index in [1.165, 1.54) is 54.4 Å². The molecule has 0 saturated carbocycles. The van der Waals surface area contributed by atoms with Gasteiger partial charge in [0.05, 0.1) is 12.1 Å². The largest absolute Gasteiger partial charge is 0.495 e. The highest BCUT2D eigenvalue weighted by Gasteiger charge is 2.28. The maximum atomic E-state index is 6.68. The number of methoxy groups -OCH3 is 1. The Labute approximate surface area is 126 Å². The van der Waals surface area contributed by atoms with E-state index < -0.39 is 0 Å². The molecule has 0 unspecified atom stereocenters. The van der Waals surface area contributed by atoms with Crippen molar-refractivity contribution < 1.29 is 4.74 Å². The lowest BCUT2D eigenvalue weighted by molar-refractivity contribution is 0.389. The average molecular weight is 294 g/mol. The third-order valence-corrected chi connectivity index (χ3v) is 5.38. The molecule has 3 heteroatoms. The Bertz CT molecular complexity index is 506. The molecule has 0 aromatic heterocycles. The van der Waals surface area contributed by atoms with E-state index in [-0.39, 0.29) is 0 Å². The minimum Gasteiger partial charge on any atom is -0.495 e. The van der Waals surface area contributed by atoms with Crippen LogP contribution in [0.3, 0.4) is 0 Å². The minimum atomic E-state index is 0.593. The van der Waals surface area contributed by atoms with Gasteiger partial charge >= 0.3 is 0 Å². The lowest BCUT2D eigenvalue weighted by atomic mass is 9.80. The molecule has 1 heterocycles. The van der Waals surface area contributed by atoms with E-state index in [4.69, 9.17) is 16.3 Å². The van der Waals surface area contributed by atoms with Crippen LogP contribution in [0.5, 0.6) is 5.75 Å². The van der Waals surface area contributed by atoms with Gasteiger partial charge in [0.25, 0.3) is 0 Å². The summed E-state index contributed by atoms with van der Waals surface area (Å²) in [6.45, 7) is 4.48. The van der Waals surface area contributed by atoms with E-state index in [0.29, 0.717) is 5.92 Å². The zero-order chi connectivity index (χ0) is 14.1. The number of piperidine rings is 1. The molecule has 1 aliphatic heterocycles. The van der Waals surface area contributed by atoms with Crippen LogP contribution in [0.2, 0.25) is 5.02 Å². The summed E-state index contributed by atoms with van der Waals surface area (Å²) in [5.74, 6) is 1.55. The van der Waals surface area contributed by atoms with Gasteiger partial charge in [0.1, 0.15) is 5.75 Å². The van der Waals surface area contributed by atoms with Gasteiger partial charge in [0.2, 0.25) is 0 Å². The van der Waals surface area contributed by atoms with Crippen LogP contribution in [0.15, 0.2) is 0 Å². The summed E-state index contributed by atoms with van der Waals surface area (Å²) >= 11 is 6.68. The molecule has 2 aliphatic rings. The highest BCUT2D eigenvalue weighted by atomic mass is 35.5. The van der Waals surface area contributed by atoms with Crippen molar-refractivity contribution in [1.29, 1.82) is 0 Å². The Morgan fingerprint density at radius 1 is 1.10 bits per heavy atom. The number of benzene rings is 1. The molecule has 1 aromatic rings. The van der Waals surface area contributed by atoms with Crippen LogP contribution in [0.4, 0.5) is 0 Å². The van der Waals surface area contributed by atoms with Gasteiger partial charge in [-0.15, -0.1) is 0 Å². The van der Waals surface area contributed by atoms with E-state index in [1.54, 1.807) is 7.11 Å². The SMILES string of the molecule is COc1c(Cl)c2c(c(C)c1C1CCNCC1)CCCC2. The Morgan fingerprint density at radius 2 is 1.75 bits per heavy atom. The van der Waals surface area contributed by atoms with Gasteiger partial charge in [-0.1, -0.05) is 11.6 Å². The van der Waals surface area contributed by atoms with Crippen LogP contribution >= 0.6 is 11.6 Å². The third-order valence-electron chi connectivity index (χ3n) is 4.98. The van der Waals surface area contributed by atoms with E-state index in [2.05, 4.69) is 12.2 Å². The highest BCUT2D eigenvalue weighted by molar-refractivity contribution is 6.33. The smallest absolute Gasteiger partial charge is 0.141 e. The summed E-state index contributed by atoms with van der Waals surface area (Å²) < 4.78 is 5.72. The first kappa shape index (κ1) is 14.2. The molecule has 0 radical (unpaired) electrons. The molecule has 2 nitrogen and oxygen atoms in total. The van der Waals surface area contributed by atoms with Crippen molar-refractivity contribution in [3.63, 3.8) is 0 Å². The topological polar surface area (TPSA) is 21.3 Å². The summed E-state index contributed by atoms with van der Waals surface area (Å²) in [4.78, 5) is 0. The number of nitrogens with one attached hydrogen (secondary N) is 1. The summed E-state index contributed by atoms with van der Waals surface area (Å²) in [5, 5.41) is 4.33. The fourth-order valence-electron chi connectivity index (χ4n) is 3.95. The number of ether oxygens (including phenoxy) is 1. The van der Waals surface area contributed by atoms with E-state index >= 15 is 0 Å². The lowest BCUT2D eigenvalue weighted by Gasteiger charge is -2.30. The zero-order valence-electron chi connectivity index (χ0n) is 12.5. The number of rotatable bonds is 2. The number of hydrogen-bond acceptors (Lipinski definition) is 2. The minimum absolute atomic E-state index is 0.593. The second-order valence-corrected chi connectivity index (χ2v) is 6.45. The molecule has 0 amide bonds. The Morgan fingerprint density at radius 3 is 2.40 bits per heavy atom. The maximum Gasteiger partial charge on any atom is 0.141 e. The van der Waals surface area contributed by atoms with Crippen LogP contribution in [0.25, 0.3) is 0 Å². The lowest BCUT2D eigenvalue weighted by Crippen LogP contribution is -2.27. The normalized spacial score (nSPS) is 19.8. The van der Waals surface area contributed by atoms with E-state index in [9.17, 15) is 0 Å². The van der Waals surface area contributed by atoms with Gasteiger partial charge in [0.15, 0.2) is 0 Å². The van der Waals surface area contributed by atoms with E-state index in [1.807, 2.05) is 0 Å². The maximum absolute atomic E-state index is 6.68. The molecule has 110 valence electrons. The molecule has 0 atom stereocenters. The first-order valence-corrected chi connectivity index (χ1v) is 8.20. The zero-order valence-corrected chi connectivity index (χ0v) is 13.3. The van der Waals surface area contributed by atoms with Crippen LogP contribution in [-0.4, -0.2) is 20.2 Å². The molecule has 0 spiro atoms. The van der Waals surface area contributed by atoms with Crippen molar-refractivity contribution in [2.45, 2.75) is 51.4 Å². The van der Waals surface area contributed by atoms with Crippen molar-refractivity contribution in [3.05, 3.63) is 27.3 Å². The van der Waals surface area contributed by atoms with Gasteiger partial charge in [-0.05, 0) is 81.1 Å². The average Bonchev–Trinajstić information content (AvgIpc) is 2.51. The van der Waals surface area contributed by atoms with Crippen molar-refractivity contribution in [2.75, 3.05) is 20.2 Å². The van der Waals surface area contributed by atoms with Crippen molar-refractivity contribution in [3.8, 4) is 5.75 Å². The molecule has 1 fully saturated rings. The first-order chi connectivity index (χ1) is 9.74. The summed E-state index contributed by atoms with van der Waals surface area (Å²) in [5.41, 5.74) is 5.70. The Hall–Kier alpha value is -0.730. The molecule has 20 heavy (non-hydrogen) atoms. The van der Waals surface area contributed by atoms with Gasteiger partial charge < -0.3 is 10.1 Å². The summed E-state index contributed by atoms with van der Waals surface area (Å²) in [7, 11) is 1.76. The van der Waals surface area contributed by atoms with E-state index in [0.717, 1.165) is 30.3 Å². The third kappa shape index (κ3) is 2.33. The van der Waals surface area contributed by atoms with Crippen LogP contribution in [-0.2, 0) is 12.8 Å². The van der Waals surface area contributed by atoms with Crippen molar-refractivity contribution >= 4 is 11.6 Å². The Kier molecular flexibility index (Phi) is 4.23. The van der Waals surface area contributed by atoms with Crippen molar-refractivity contribution in [2.24, 2.45) is 0 Å². The predicted molar refractivity (Wildman–Crippen MR) is 84.2 cm³/mol. The fraction of sp³-hybridized carbons (Fsp3) is 0.647. The van der Waals surface area contributed by atoms with Gasteiger partial charge in [-0.3, -0.25) is 0 Å². The first-order valence-electron chi connectivity index (χ1n) is 7.82. The number of hydrogen-bond donors (Lipinski definition) is 1. The van der Waals surface area contributed by atoms with Crippen LogP contribution in [0, 0.1) is 6.92 Å². The predicted octanol–water partition coefficient (Wildman–Crippen LogP) is 4.00. The van der Waals surface area contributed by atoms with Crippen LogP contribution in [0.1, 0.15) is 53.9 Å². The molecular weight excluding hydrogens is 270 g/mol. The van der Waals surface area contributed by atoms with Crippen LogP contribution < -0.4 is 10.1 Å². The molecule has 1 aliphatic carbocycles. The van der Waals surface area contributed by atoms with Gasteiger partial charge in [-0.25, -0.2) is 0 Å². The summed E-state index contributed by atoms with van der Waals surface area (Å²) in [6, 6.07) is 0. The Balaban J connectivity index is 2.14. The molecule has 0 bridgehead atoms.